The van der Waals surface area contributed by atoms with Crippen molar-refractivity contribution in [3.8, 4) is 23.0 Å². The number of hydrogen-bond donors (Lipinski definition) is 6. The van der Waals surface area contributed by atoms with Crippen LogP contribution in [0.1, 0.15) is 24.0 Å². The van der Waals surface area contributed by atoms with Crippen LogP contribution < -0.4 is 0 Å². The van der Waals surface area contributed by atoms with E-state index in [1.165, 1.54) is 36.4 Å². The quantitative estimate of drug-likeness (QED) is 0.198. The van der Waals surface area contributed by atoms with Crippen LogP contribution in [0.3, 0.4) is 0 Å². The molecular weight excluding hydrogens is 456 g/mol. The number of hydrogen-bond acceptors (Lipinski definition) is 10. The van der Waals surface area contributed by atoms with Crippen LogP contribution >= 0.6 is 0 Å². The highest BCUT2D eigenvalue weighted by Gasteiger charge is 2.40. The van der Waals surface area contributed by atoms with Crippen molar-refractivity contribution in [1.29, 1.82) is 0 Å². The Morgan fingerprint density at radius 1 is 0.618 bits per heavy atom. The lowest BCUT2D eigenvalue weighted by Gasteiger charge is -2.21. The molecule has 2 aromatic carbocycles. The number of carboxylic acid groups (broad SMARTS) is 2. The zero-order valence-electron chi connectivity index (χ0n) is 17.6. The van der Waals surface area contributed by atoms with Crippen molar-refractivity contribution < 1.29 is 59.3 Å². The lowest BCUT2D eigenvalue weighted by atomic mass is 10.1. The molecule has 0 aliphatic rings. The number of carbonyl (C=O) groups is 4. The average molecular weight is 478 g/mol. The third-order valence-corrected chi connectivity index (χ3v) is 4.59. The first-order valence-corrected chi connectivity index (χ1v) is 9.84. The van der Waals surface area contributed by atoms with Crippen molar-refractivity contribution in [3.05, 3.63) is 47.5 Å². The number of aryl methyl sites for hydroxylation is 2. The molecule has 0 spiro atoms. The molecule has 34 heavy (non-hydrogen) atoms. The van der Waals surface area contributed by atoms with Crippen molar-refractivity contribution in [3.63, 3.8) is 0 Å². The number of aliphatic carboxylic acids is 2. The molecule has 0 radical (unpaired) electrons. The van der Waals surface area contributed by atoms with Crippen LogP contribution in [0.5, 0.6) is 23.0 Å². The zero-order valence-corrected chi connectivity index (χ0v) is 17.6. The first kappa shape index (κ1) is 25.8. The summed E-state index contributed by atoms with van der Waals surface area (Å²) in [5, 5.41) is 56.2. The first-order chi connectivity index (χ1) is 16.0. The molecule has 0 bridgehead atoms. The van der Waals surface area contributed by atoms with Gasteiger partial charge in [0.25, 0.3) is 0 Å². The van der Waals surface area contributed by atoms with Gasteiger partial charge in [0, 0.05) is 12.8 Å². The van der Waals surface area contributed by atoms with Gasteiger partial charge in [-0.15, -0.1) is 0 Å². The second-order valence-corrected chi connectivity index (χ2v) is 7.14. The lowest BCUT2D eigenvalue weighted by Crippen LogP contribution is -2.45. The number of phenols is 4. The minimum atomic E-state index is -2.32. The minimum Gasteiger partial charge on any atom is -0.504 e. The van der Waals surface area contributed by atoms with E-state index in [2.05, 4.69) is 0 Å². The Morgan fingerprint density at radius 3 is 1.26 bits per heavy atom. The van der Waals surface area contributed by atoms with Crippen LogP contribution in [0, 0.1) is 0 Å². The number of carboxylic acids is 2. The molecule has 0 saturated carbocycles. The summed E-state index contributed by atoms with van der Waals surface area (Å²) in [5.41, 5.74) is 0.834. The molecular formula is C22H22O12. The molecule has 0 saturated heterocycles. The summed E-state index contributed by atoms with van der Waals surface area (Å²) in [5.74, 6) is -7.47. The molecule has 2 atom stereocenters. The Bertz CT molecular complexity index is 992. The van der Waals surface area contributed by atoms with Gasteiger partial charge in [-0.05, 0) is 48.2 Å². The van der Waals surface area contributed by atoms with E-state index in [0.29, 0.717) is 11.1 Å². The normalized spacial score (nSPS) is 12.4. The number of ether oxygens (including phenoxy) is 2. The Labute approximate surface area is 192 Å². The predicted octanol–water partition coefficient (Wildman–Crippen LogP) is 1.07. The molecule has 6 N–H and O–H groups in total. The zero-order chi connectivity index (χ0) is 25.4. The summed E-state index contributed by atoms with van der Waals surface area (Å²) in [6.45, 7) is 0. The van der Waals surface area contributed by atoms with E-state index in [0.717, 1.165) is 0 Å². The van der Waals surface area contributed by atoms with E-state index in [4.69, 9.17) is 9.47 Å². The number of esters is 2. The Balaban J connectivity index is 1.98. The number of benzene rings is 2. The molecule has 12 nitrogen and oxygen atoms in total. The van der Waals surface area contributed by atoms with Gasteiger partial charge in [0.05, 0.1) is 0 Å². The van der Waals surface area contributed by atoms with Crippen LogP contribution in [-0.4, -0.2) is 66.7 Å². The van der Waals surface area contributed by atoms with Gasteiger partial charge in [-0.2, -0.15) is 0 Å². The number of aromatic hydroxyl groups is 4. The van der Waals surface area contributed by atoms with E-state index in [-0.39, 0.29) is 24.3 Å². The van der Waals surface area contributed by atoms with Crippen LogP contribution in [0.4, 0.5) is 0 Å². The smallest absolute Gasteiger partial charge is 0.349 e. The monoisotopic (exact) mass is 478 g/mol. The third-order valence-electron chi connectivity index (χ3n) is 4.59. The molecule has 0 aromatic heterocycles. The fourth-order valence-corrected chi connectivity index (χ4v) is 2.83. The maximum atomic E-state index is 12.1. The highest BCUT2D eigenvalue weighted by molar-refractivity contribution is 5.87. The second kappa shape index (κ2) is 11.4. The minimum absolute atomic E-state index is 0.0178. The molecule has 0 amide bonds. The average Bonchev–Trinajstić information content (AvgIpc) is 2.77. The van der Waals surface area contributed by atoms with Crippen molar-refractivity contribution in [1.82, 2.24) is 0 Å². The van der Waals surface area contributed by atoms with Gasteiger partial charge in [0.2, 0.25) is 12.2 Å². The fraction of sp³-hybridized carbons (Fsp3) is 0.273. The molecule has 0 aliphatic carbocycles. The topological polar surface area (TPSA) is 208 Å². The molecule has 0 aliphatic heterocycles. The Kier molecular flexibility index (Phi) is 8.65. The number of carbonyl (C=O) groups excluding carboxylic acids is 2. The molecule has 182 valence electrons. The SMILES string of the molecule is O=C(CCc1ccc(O)c(O)c1)O[C@@H](C(=O)O)[C@@H](OC(=O)CCc1ccc(O)c(O)c1)C(=O)O. The van der Waals surface area contributed by atoms with Crippen LogP contribution in [-0.2, 0) is 41.5 Å². The van der Waals surface area contributed by atoms with Crippen LogP contribution in [0.25, 0.3) is 0 Å². The maximum absolute atomic E-state index is 12.1. The molecule has 2 rings (SSSR count). The van der Waals surface area contributed by atoms with Gasteiger partial charge in [-0.1, -0.05) is 12.1 Å². The van der Waals surface area contributed by atoms with Crippen molar-refractivity contribution in [2.24, 2.45) is 0 Å². The summed E-state index contributed by atoms with van der Waals surface area (Å²) < 4.78 is 9.47. The van der Waals surface area contributed by atoms with Gasteiger partial charge in [-0.3, -0.25) is 9.59 Å². The van der Waals surface area contributed by atoms with Gasteiger partial charge in [-0.25, -0.2) is 9.59 Å². The summed E-state index contributed by atoms with van der Waals surface area (Å²) in [6.07, 6.45) is -5.46. The second-order valence-electron chi connectivity index (χ2n) is 7.14. The van der Waals surface area contributed by atoms with Crippen molar-refractivity contribution in [2.45, 2.75) is 37.9 Å². The third kappa shape index (κ3) is 7.29. The fourth-order valence-electron chi connectivity index (χ4n) is 2.83. The highest BCUT2D eigenvalue weighted by atomic mass is 16.6. The van der Waals surface area contributed by atoms with Crippen molar-refractivity contribution >= 4 is 23.9 Å². The van der Waals surface area contributed by atoms with Gasteiger partial charge < -0.3 is 40.1 Å². The molecule has 12 heteroatoms. The van der Waals surface area contributed by atoms with E-state index < -0.39 is 60.4 Å². The maximum Gasteiger partial charge on any atom is 0.349 e. The molecule has 0 heterocycles. The Hall–Kier alpha value is -4.48. The largest absolute Gasteiger partial charge is 0.504 e. The summed E-state index contributed by atoms with van der Waals surface area (Å²) >= 11 is 0. The molecule has 2 aromatic rings. The van der Waals surface area contributed by atoms with Gasteiger partial charge in [0.1, 0.15) is 0 Å². The van der Waals surface area contributed by atoms with E-state index in [1.54, 1.807) is 0 Å². The highest BCUT2D eigenvalue weighted by Crippen LogP contribution is 2.26. The van der Waals surface area contributed by atoms with Crippen LogP contribution in [0.2, 0.25) is 0 Å². The first-order valence-electron chi connectivity index (χ1n) is 9.84. The van der Waals surface area contributed by atoms with Crippen molar-refractivity contribution in [2.75, 3.05) is 0 Å². The molecule has 0 fully saturated rings. The van der Waals surface area contributed by atoms with Crippen LogP contribution in [0.15, 0.2) is 36.4 Å². The summed E-state index contributed by atoms with van der Waals surface area (Å²) in [7, 11) is 0. The number of rotatable bonds is 11. The van der Waals surface area contributed by atoms with E-state index in [1.807, 2.05) is 0 Å². The number of phenolic OH excluding ortho intramolecular Hbond substituents is 4. The van der Waals surface area contributed by atoms with E-state index >= 15 is 0 Å². The molecule has 0 unspecified atom stereocenters. The standard InChI is InChI=1S/C22H22O12/c23-13-5-1-11(9-15(13)25)3-7-17(27)33-19(21(29)30)20(22(31)32)34-18(28)8-4-12-2-6-14(24)16(26)10-12/h1-2,5-6,9-10,19-20,23-26H,3-4,7-8H2,(H,29,30)(H,31,32)/t19-,20-/m1/s1. The predicted molar refractivity (Wildman–Crippen MR) is 111 cm³/mol. The van der Waals surface area contributed by atoms with Gasteiger partial charge >= 0.3 is 23.9 Å². The Morgan fingerprint density at radius 2 is 0.971 bits per heavy atom. The lowest BCUT2D eigenvalue weighted by molar-refractivity contribution is -0.187. The summed E-state index contributed by atoms with van der Waals surface area (Å²) in [4.78, 5) is 47.2. The summed E-state index contributed by atoms with van der Waals surface area (Å²) in [6, 6.07) is 7.57. The van der Waals surface area contributed by atoms with E-state index in [9.17, 15) is 49.8 Å². The van der Waals surface area contributed by atoms with Gasteiger partial charge in [0.15, 0.2) is 23.0 Å².